The number of carbonyl (C=O) groups is 1. The van der Waals surface area contributed by atoms with Gasteiger partial charge in [-0.2, -0.15) is 0 Å². The first-order valence-corrected chi connectivity index (χ1v) is 8.82. The standard InChI is InChI=1S/C17H15NO6S/c19-16(20)11-23-15-8-4-7-14-12(10-24-17(14)15)9-18-25(21,22)13-5-2-1-3-6-13/h1-8,10,18H,9,11H2,(H,19,20)/p-1. The second-order valence-corrected chi connectivity index (χ2v) is 6.96. The second-order valence-electron chi connectivity index (χ2n) is 5.19. The number of benzene rings is 2. The Kier molecular flexibility index (Phi) is 4.73. The summed E-state index contributed by atoms with van der Waals surface area (Å²) >= 11 is 0. The quantitative estimate of drug-likeness (QED) is 0.674. The zero-order valence-corrected chi connectivity index (χ0v) is 13.8. The van der Waals surface area contributed by atoms with Crippen LogP contribution < -0.4 is 14.6 Å². The highest BCUT2D eigenvalue weighted by Gasteiger charge is 2.16. The molecule has 0 aliphatic carbocycles. The third kappa shape index (κ3) is 3.81. The van der Waals surface area contributed by atoms with Gasteiger partial charge in [0.1, 0.15) is 6.61 Å². The first-order valence-electron chi connectivity index (χ1n) is 7.34. The molecule has 0 atom stereocenters. The van der Waals surface area contributed by atoms with Crippen LogP contribution in [0.25, 0.3) is 11.0 Å². The zero-order valence-electron chi connectivity index (χ0n) is 13.0. The highest BCUT2D eigenvalue weighted by atomic mass is 32.2. The van der Waals surface area contributed by atoms with Crippen molar-refractivity contribution in [3.63, 3.8) is 0 Å². The minimum Gasteiger partial charge on any atom is -0.546 e. The van der Waals surface area contributed by atoms with E-state index in [0.29, 0.717) is 16.5 Å². The monoisotopic (exact) mass is 360 g/mol. The summed E-state index contributed by atoms with van der Waals surface area (Å²) in [4.78, 5) is 10.7. The molecule has 0 fully saturated rings. The van der Waals surface area contributed by atoms with Crippen molar-refractivity contribution >= 4 is 27.0 Å². The van der Waals surface area contributed by atoms with Crippen molar-refractivity contribution in [2.75, 3.05) is 6.61 Å². The number of rotatable bonds is 7. The van der Waals surface area contributed by atoms with Gasteiger partial charge in [-0.05, 0) is 18.2 Å². The molecule has 25 heavy (non-hydrogen) atoms. The van der Waals surface area contributed by atoms with Crippen molar-refractivity contribution in [1.29, 1.82) is 0 Å². The topological polar surface area (TPSA) is 109 Å². The van der Waals surface area contributed by atoms with Gasteiger partial charge in [0.05, 0.1) is 17.1 Å². The molecule has 8 heteroatoms. The number of para-hydroxylation sites is 1. The lowest BCUT2D eigenvalue weighted by atomic mass is 10.2. The molecule has 0 bridgehead atoms. The fourth-order valence-electron chi connectivity index (χ4n) is 2.33. The van der Waals surface area contributed by atoms with Gasteiger partial charge in [0.25, 0.3) is 0 Å². The van der Waals surface area contributed by atoms with Crippen molar-refractivity contribution in [1.82, 2.24) is 4.72 Å². The first-order chi connectivity index (χ1) is 12.0. The number of ether oxygens (including phenoxy) is 1. The van der Waals surface area contributed by atoms with E-state index in [2.05, 4.69) is 4.72 Å². The average Bonchev–Trinajstić information content (AvgIpc) is 3.03. The van der Waals surface area contributed by atoms with Crippen LogP contribution in [0.5, 0.6) is 5.75 Å². The summed E-state index contributed by atoms with van der Waals surface area (Å²) in [6, 6.07) is 13.0. The molecule has 3 rings (SSSR count). The maximum atomic E-state index is 12.3. The van der Waals surface area contributed by atoms with Crippen LogP contribution in [0, 0.1) is 0 Å². The molecule has 7 nitrogen and oxygen atoms in total. The van der Waals surface area contributed by atoms with Gasteiger partial charge in [-0.3, -0.25) is 0 Å². The third-order valence-electron chi connectivity index (χ3n) is 3.50. The average molecular weight is 360 g/mol. The highest BCUT2D eigenvalue weighted by molar-refractivity contribution is 7.89. The van der Waals surface area contributed by atoms with E-state index >= 15 is 0 Å². The van der Waals surface area contributed by atoms with Gasteiger partial charge >= 0.3 is 0 Å². The molecule has 0 radical (unpaired) electrons. The van der Waals surface area contributed by atoms with Crippen molar-refractivity contribution < 1.29 is 27.5 Å². The molecule has 0 unspecified atom stereocenters. The van der Waals surface area contributed by atoms with Gasteiger partial charge in [-0.25, -0.2) is 13.1 Å². The number of carboxylic acids is 1. The fourth-order valence-corrected chi connectivity index (χ4v) is 3.35. The Morgan fingerprint density at radius 1 is 1.12 bits per heavy atom. The van der Waals surface area contributed by atoms with Crippen molar-refractivity contribution in [3.8, 4) is 5.75 Å². The SMILES string of the molecule is O=C([O-])COc1cccc2c(CNS(=O)(=O)c3ccccc3)coc12. The van der Waals surface area contributed by atoms with E-state index in [9.17, 15) is 18.3 Å². The van der Waals surface area contributed by atoms with Crippen LogP contribution in [0.2, 0.25) is 0 Å². The van der Waals surface area contributed by atoms with E-state index in [0.717, 1.165) is 0 Å². The predicted molar refractivity (Wildman–Crippen MR) is 87.2 cm³/mol. The lowest BCUT2D eigenvalue weighted by Gasteiger charge is -2.07. The molecule has 0 saturated carbocycles. The van der Waals surface area contributed by atoms with Crippen molar-refractivity contribution in [2.45, 2.75) is 11.4 Å². The van der Waals surface area contributed by atoms with E-state index < -0.39 is 22.6 Å². The van der Waals surface area contributed by atoms with Crippen LogP contribution in [-0.4, -0.2) is 21.0 Å². The van der Waals surface area contributed by atoms with Gasteiger partial charge < -0.3 is 19.1 Å². The van der Waals surface area contributed by atoms with Crippen LogP contribution in [0.15, 0.2) is 64.1 Å². The number of fused-ring (bicyclic) bond motifs is 1. The van der Waals surface area contributed by atoms with Crippen LogP contribution in [-0.2, 0) is 21.4 Å². The van der Waals surface area contributed by atoms with Crippen molar-refractivity contribution in [3.05, 3.63) is 60.4 Å². The van der Waals surface area contributed by atoms with Crippen molar-refractivity contribution in [2.24, 2.45) is 0 Å². The van der Waals surface area contributed by atoms with Gasteiger partial charge in [0.2, 0.25) is 10.0 Å². The largest absolute Gasteiger partial charge is 0.546 e. The summed E-state index contributed by atoms with van der Waals surface area (Å²) in [5, 5.41) is 11.1. The number of sulfonamides is 1. The van der Waals surface area contributed by atoms with E-state index in [1.165, 1.54) is 18.4 Å². The maximum Gasteiger partial charge on any atom is 0.240 e. The molecule has 0 aliphatic heterocycles. The van der Waals surface area contributed by atoms with E-state index in [1.807, 2.05) is 0 Å². The minimum absolute atomic E-state index is 0.0220. The molecule has 0 spiro atoms. The lowest BCUT2D eigenvalue weighted by Crippen LogP contribution is -2.28. The summed E-state index contributed by atoms with van der Waals surface area (Å²) < 4.78 is 37.6. The molecule has 2 aromatic carbocycles. The number of aliphatic carboxylic acids is 1. The number of carboxylic acid groups (broad SMARTS) is 1. The maximum absolute atomic E-state index is 12.3. The molecule has 0 aliphatic rings. The summed E-state index contributed by atoms with van der Waals surface area (Å²) in [6.45, 7) is -0.579. The Labute approximate surface area is 143 Å². The van der Waals surface area contributed by atoms with E-state index in [1.54, 1.807) is 36.4 Å². The summed E-state index contributed by atoms with van der Waals surface area (Å²) in [7, 11) is -3.65. The number of furan rings is 1. The van der Waals surface area contributed by atoms with Gasteiger partial charge in [-0.1, -0.05) is 30.3 Å². The molecule has 130 valence electrons. The van der Waals surface area contributed by atoms with Gasteiger partial charge in [0.15, 0.2) is 11.3 Å². The molecule has 1 heterocycles. The number of nitrogens with one attached hydrogen (secondary N) is 1. The van der Waals surface area contributed by atoms with Crippen LogP contribution in [0.4, 0.5) is 0 Å². The fraction of sp³-hybridized carbons (Fsp3) is 0.118. The molecule has 1 N–H and O–H groups in total. The number of carbonyl (C=O) groups excluding carboxylic acids is 1. The Morgan fingerprint density at radius 3 is 2.60 bits per heavy atom. The second kappa shape index (κ2) is 6.96. The Hall–Kier alpha value is -2.84. The Balaban J connectivity index is 1.81. The van der Waals surface area contributed by atoms with Gasteiger partial charge in [-0.15, -0.1) is 0 Å². The van der Waals surface area contributed by atoms with E-state index in [4.69, 9.17) is 9.15 Å². The minimum atomic E-state index is -3.65. The summed E-state index contributed by atoms with van der Waals surface area (Å²) in [5.41, 5.74) is 0.950. The molecule has 3 aromatic rings. The summed E-state index contributed by atoms with van der Waals surface area (Å²) in [5.74, 6) is -1.10. The smallest absolute Gasteiger partial charge is 0.240 e. The first kappa shape index (κ1) is 17.0. The number of hydrogen-bond acceptors (Lipinski definition) is 6. The van der Waals surface area contributed by atoms with Crippen LogP contribution >= 0.6 is 0 Å². The lowest BCUT2D eigenvalue weighted by molar-refractivity contribution is -0.307. The van der Waals surface area contributed by atoms with E-state index in [-0.39, 0.29) is 17.2 Å². The molecular formula is C17H14NO6S-. The highest BCUT2D eigenvalue weighted by Crippen LogP contribution is 2.30. The van der Waals surface area contributed by atoms with Crippen LogP contribution in [0.3, 0.4) is 0 Å². The zero-order chi connectivity index (χ0) is 17.9. The van der Waals surface area contributed by atoms with Crippen LogP contribution in [0.1, 0.15) is 5.56 Å². The Bertz CT molecular complexity index is 994. The number of hydrogen-bond donors (Lipinski definition) is 1. The Morgan fingerprint density at radius 2 is 1.88 bits per heavy atom. The molecular weight excluding hydrogens is 346 g/mol. The summed E-state index contributed by atoms with van der Waals surface area (Å²) in [6.07, 6.45) is 1.41. The molecule has 0 saturated heterocycles. The normalized spacial score (nSPS) is 11.5. The predicted octanol–water partition coefficient (Wildman–Crippen LogP) is 1.04. The third-order valence-corrected chi connectivity index (χ3v) is 4.91. The van der Waals surface area contributed by atoms with Gasteiger partial charge in [0, 0.05) is 17.5 Å². The molecule has 1 aromatic heterocycles. The molecule has 0 amide bonds.